The summed E-state index contributed by atoms with van der Waals surface area (Å²) in [4.78, 5) is 0. The standard InChI is InChI=1S/2C2H4.Fe.Na.H/c2*1-2;;;/h2*1-2H2;;;. The molecule has 0 bridgehead atoms. The van der Waals surface area contributed by atoms with Crippen LogP contribution in [0.1, 0.15) is 0 Å². The van der Waals surface area contributed by atoms with Crippen molar-refractivity contribution in [3.05, 3.63) is 26.3 Å². The zero-order chi connectivity index (χ0) is 4.00. The molecule has 0 unspecified atom stereocenters. The second-order valence-electron chi connectivity index (χ2n) is 0. The Kier molecular flexibility index (Phi) is 701. The Bertz CT molecular complexity index is 9.51. The third-order valence-electron chi connectivity index (χ3n) is 0. The summed E-state index contributed by atoms with van der Waals surface area (Å²) in [6, 6.07) is 0. The van der Waals surface area contributed by atoms with Crippen LogP contribution in [0.4, 0.5) is 0 Å². The molecule has 0 aromatic rings. The zero-order valence-electron chi connectivity index (χ0n) is 3.18. The summed E-state index contributed by atoms with van der Waals surface area (Å²) in [6.07, 6.45) is 0. The Morgan fingerprint density at radius 3 is 0.667 bits per heavy atom. The van der Waals surface area contributed by atoms with Crippen molar-refractivity contribution in [2.24, 2.45) is 0 Å². The van der Waals surface area contributed by atoms with Gasteiger partial charge in [-0.1, -0.05) is 0 Å². The molecule has 0 N–H and O–H groups in total. The van der Waals surface area contributed by atoms with Crippen LogP contribution in [0.3, 0.4) is 0 Å². The maximum absolute atomic E-state index is 3.00. The van der Waals surface area contributed by atoms with Crippen LogP contribution >= 0.6 is 0 Å². The van der Waals surface area contributed by atoms with Gasteiger partial charge in [-0.25, -0.2) is 0 Å². The quantitative estimate of drug-likeness (QED) is 0.343. The first-order valence-electron chi connectivity index (χ1n) is 1.000. The Morgan fingerprint density at radius 1 is 0.667 bits per heavy atom. The van der Waals surface area contributed by atoms with E-state index in [2.05, 4.69) is 26.3 Å². The fourth-order valence-corrected chi connectivity index (χ4v) is 0. The van der Waals surface area contributed by atoms with Crippen LogP contribution in [0.25, 0.3) is 0 Å². The van der Waals surface area contributed by atoms with Gasteiger partial charge in [0.15, 0.2) is 0 Å². The van der Waals surface area contributed by atoms with Gasteiger partial charge in [0, 0.05) is 17.1 Å². The van der Waals surface area contributed by atoms with Gasteiger partial charge in [0.25, 0.3) is 0 Å². The van der Waals surface area contributed by atoms with E-state index in [4.69, 9.17) is 0 Å². The third kappa shape index (κ3) is 80.1. The molecule has 0 radical (unpaired) electrons. The Morgan fingerprint density at radius 2 is 0.667 bits per heavy atom. The first-order chi connectivity index (χ1) is 2.00. The van der Waals surface area contributed by atoms with Crippen LogP contribution < -0.4 is 0 Å². The molecule has 0 aromatic heterocycles. The second-order valence-corrected chi connectivity index (χ2v) is 0. The molecule has 0 nitrogen and oxygen atoms in total. The van der Waals surface area contributed by atoms with Crippen molar-refractivity contribution in [3.8, 4) is 0 Å². The summed E-state index contributed by atoms with van der Waals surface area (Å²) < 4.78 is 0. The Balaban J connectivity index is -0.00000000500. The second kappa shape index (κ2) is 150. The summed E-state index contributed by atoms with van der Waals surface area (Å²) in [7, 11) is 0. The minimum absolute atomic E-state index is 0. The van der Waals surface area contributed by atoms with Gasteiger partial charge in [-0.2, -0.15) is 0 Å². The van der Waals surface area contributed by atoms with Crippen molar-refractivity contribution in [1.29, 1.82) is 0 Å². The molecule has 0 saturated carbocycles. The molecule has 0 fully saturated rings. The van der Waals surface area contributed by atoms with Gasteiger partial charge in [-0.15, -0.1) is 26.3 Å². The van der Waals surface area contributed by atoms with Crippen LogP contribution in [0.2, 0.25) is 0 Å². The van der Waals surface area contributed by atoms with Gasteiger partial charge in [-0.05, 0) is 0 Å². The van der Waals surface area contributed by atoms with E-state index in [9.17, 15) is 0 Å². The molecule has 0 rings (SSSR count). The molecule has 0 spiro atoms. The summed E-state index contributed by atoms with van der Waals surface area (Å²) in [5.41, 5.74) is 0. The van der Waals surface area contributed by atoms with Crippen molar-refractivity contribution in [2.75, 3.05) is 0 Å². The molecule has 0 aliphatic heterocycles. The van der Waals surface area contributed by atoms with E-state index in [-0.39, 0.29) is 46.6 Å². The average Bonchev–Trinajstić information content (AvgIpc) is 1.50. The number of hydrogen-bond acceptors (Lipinski definition) is 0. The van der Waals surface area contributed by atoms with E-state index in [0.717, 1.165) is 0 Å². The van der Waals surface area contributed by atoms with Crippen LogP contribution in [-0.4, -0.2) is 29.6 Å². The van der Waals surface area contributed by atoms with E-state index in [1.807, 2.05) is 0 Å². The van der Waals surface area contributed by atoms with Crippen LogP contribution in [-0.2, 0) is 17.1 Å². The molecule has 0 atom stereocenters. The topological polar surface area (TPSA) is 0 Å². The van der Waals surface area contributed by atoms with Gasteiger partial charge >= 0.3 is 29.6 Å². The molecule has 34 valence electrons. The fourth-order valence-electron chi connectivity index (χ4n) is 0. The molecule has 0 amide bonds. The van der Waals surface area contributed by atoms with Crippen LogP contribution in [0.15, 0.2) is 26.3 Å². The zero-order valence-corrected chi connectivity index (χ0v) is 4.29. The van der Waals surface area contributed by atoms with Crippen molar-refractivity contribution in [1.82, 2.24) is 0 Å². The molecule has 0 aromatic carbocycles. The van der Waals surface area contributed by atoms with Crippen molar-refractivity contribution < 1.29 is 17.1 Å². The number of hydrogen-bond donors (Lipinski definition) is 0. The minimum atomic E-state index is 0. The van der Waals surface area contributed by atoms with Gasteiger partial charge < -0.3 is 0 Å². The molecular formula is C4H9FeNa. The van der Waals surface area contributed by atoms with Crippen LogP contribution in [0, 0.1) is 0 Å². The first kappa shape index (κ1) is 28.0. The summed E-state index contributed by atoms with van der Waals surface area (Å²) >= 11 is 0. The SMILES string of the molecule is C=C.C=C.[Fe].[NaH]. The predicted octanol–water partition coefficient (Wildman–Crippen LogP) is 0.953. The van der Waals surface area contributed by atoms with E-state index >= 15 is 0 Å². The summed E-state index contributed by atoms with van der Waals surface area (Å²) in [6.45, 7) is 12.0. The van der Waals surface area contributed by atoms with E-state index in [1.54, 1.807) is 0 Å². The van der Waals surface area contributed by atoms with Crippen LogP contribution in [0.5, 0.6) is 0 Å². The maximum atomic E-state index is 3.00. The molecule has 0 saturated heterocycles. The van der Waals surface area contributed by atoms with Crippen molar-refractivity contribution in [3.63, 3.8) is 0 Å². The normalized spacial score (nSPS) is 1.33. The first-order valence-corrected chi connectivity index (χ1v) is 1.000. The average molecular weight is 136 g/mol. The molecule has 0 aliphatic rings. The van der Waals surface area contributed by atoms with E-state index in [1.165, 1.54) is 0 Å². The molecule has 0 aliphatic carbocycles. The van der Waals surface area contributed by atoms with Crippen molar-refractivity contribution in [2.45, 2.75) is 0 Å². The van der Waals surface area contributed by atoms with Gasteiger partial charge in [0.1, 0.15) is 0 Å². The Labute approximate surface area is 72.5 Å². The predicted molar refractivity (Wildman–Crippen MR) is 29.7 cm³/mol. The van der Waals surface area contributed by atoms with Gasteiger partial charge in [-0.3, -0.25) is 0 Å². The van der Waals surface area contributed by atoms with Gasteiger partial charge in [0.05, 0.1) is 0 Å². The Hall–Kier alpha value is 0.999. The monoisotopic (exact) mass is 136 g/mol. The van der Waals surface area contributed by atoms with Gasteiger partial charge in [0.2, 0.25) is 0 Å². The number of rotatable bonds is 0. The molecule has 0 heterocycles. The van der Waals surface area contributed by atoms with Crippen molar-refractivity contribution >= 4 is 29.6 Å². The third-order valence-corrected chi connectivity index (χ3v) is 0. The summed E-state index contributed by atoms with van der Waals surface area (Å²) in [5.74, 6) is 0. The molecular weight excluding hydrogens is 127 g/mol. The summed E-state index contributed by atoms with van der Waals surface area (Å²) in [5, 5.41) is 0. The molecule has 6 heavy (non-hydrogen) atoms. The van der Waals surface area contributed by atoms with E-state index < -0.39 is 0 Å². The fraction of sp³-hybridized carbons (Fsp3) is 0. The molecule has 2 heteroatoms. The van der Waals surface area contributed by atoms with E-state index in [0.29, 0.717) is 0 Å².